The van der Waals surface area contributed by atoms with E-state index in [1.807, 2.05) is 18.2 Å². The lowest BCUT2D eigenvalue weighted by Crippen LogP contribution is -2.18. The maximum Gasteiger partial charge on any atom is 0.338 e. The fourth-order valence-electron chi connectivity index (χ4n) is 4.78. The molecule has 232 valence electrons. The van der Waals surface area contributed by atoms with Gasteiger partial charge in [-0.1, -0.05) is 6.07 Å². The molecule has 45 heavy (non-hydrogen) atoms. The average molecular weight is 611 g/mol. The van der Waals surface area contributed by atoms with Crippen molar-refractivity contribution >= 4 is 17.9 Å². The zero-order chi connectivity index (χ0) is 31.8. The molecule has 12 heteroatoms. The third-order valence-corrected chi connectivity index (χ3v) is 6.72. The Labute approximate surface area is 260 Å². The zero-order valence-corrected chi connectivity index (χ0v) is 25.4. The van der Waals surface area contributed by atoms with Crippen LogP contribution in [0.5, 0.6) is 0 Å². The Kier molecular flexibility index (Phi) is 10.2. The van der Waals surface area contributed by atoms with Crippen molar-refractivity contribution in [2.75, 3.05) is 19.8 Å². The lowest BCUT2D eigenvalue weighted by Gasteiger charge is -2.14. The van der Waals surface area contributed by atoms with Gasteiger partial charge >= 0.3 is 17.9 Å². The van der Waals surface area contributed by atoms with Crippen LogP contribution in [-0.2, 0) is 40.4 Å². The summed E-state index contributed by atoms with van der Waals surface area (Å²) in [5.74, 6) is -1.44. The molecule has 12 nitrogen and oxygen atoms in total. The largest absolute Gasteiger partial charge is 0.462 e. The second-order valence-electron chi connectivity index (χ2n) is 10.1. The summed E-state index contributed by atoms with van der Waals surface area (Å²) in [6, 6.07) is 15.5. The van der Waals surface area contributed by atoms with Crippen LogP contribution in [-0.4, -0.2) is 57.7 Å². The van der Waals surface area contributed by atoms with E-state index in [1.165, 1.54) is 0 Å². The lowest BCUT2D eigenvalue weighted by atomic mass is 10.1. The van der Waals surface area contributed by atoms with Crippen LogP contribution in [0.4, 0.5) is 0 Å². The number of carbonyl (C=O) groups is 3. The van der Waals surface area contributed by atoms with Gasteiger partial charge in [0.25, 0.3) is 0 Å². The van der Waals surface area contributed by atoms with Gasteiger partial charge in [-0.25, -0.2) is 34.3 Å². The summed E-state index contributed by atoms with van der Waals surface area (Å²) in [6.45, 7) is 7.12. The number of aromatic nitrogens is 4. The zero-order valence-electron chi connectivity index (χ0n) is 25.4. The van der Waals surface area contributed by atoms with Crippen LogP contribution in [0, 0.1) is 0 Å². The molecule has 0 radical (unpaired) electrons. The van der Waals surface area contributed by atoms with Crippen molar-refractivity contribution in [1.82, 2.24) is 30.6 Å². The fraction of sp³-hybridized carbons (Fsp3) is 0.303. The molecule has 4 aromatic heterocycles. The van der Waals surface area contributed by atoms with E-state index < -0.39 is 17.9 Å². The van der Waals surface area contributed by atoms with E-state index >= 15 is 0 Å². The Morgan fingerprint density at radius 2 is 0.889 bits per heavy atom. The van der Waals surface area contributed by atoms with Crippen molar-refractivity contribution in [3.63, 3.8) is 0 Å². The van der Waals surface area contributed by atoms with Gasteiger partial charge in [-0.05, 0) is 69.3 Å². The van der Waals surface area contributed by atoms with Crippen LogP contribution in [0.1, 0.15) is 74.6 Å². The van der Waals surface area contributed by atoms with E-state index in [2.05, 4.69) is 10.6 Å². The minimum absolute atomic E-state index is 0.207. The topological polar surface area (TPSA) is 155 Å². The first-order valence-electron chi connectivity index (χ1n) is 14.8. The number of pyridine rings is 4. The highest BCUT2D eigenvalue weighted by atomic mass is 16.5. The van der Waals surface area contributed by atoms with Gasteiger partial charge in [-0.3, -0.25) is 0 Å². The molecule has 1 aliphatic rings. The highest BCUT2D eigenvalue weighted by Crippen LogP contribution is 2.23. The van der Waals surface area contributed by atoms with Crippen LogP contribution >= 0.6 is 0 Å². The van der Waals surface area contributed by atoms with Crippen LogP contribution in [0.2, 0.25) is 0 Å². The van der Waals surface area contributed by atoms with E-state index in [-0.39, 0.29) is 32.9 Å². The summed E-state index contributed by atoms with van der Waals surface area (Å²) in [4.78, 5) is 57.4. The van der Waals surface area contributed by atoms with Crippen molar-refractivity contribution < 1.29 is 28.6 Å². The highest BCUT2D eigenvalue weighted by molar-refractivity contribution is 5.92. The van der Waals surface area contributed by atoms with Crippen LogP contribution in [0.3, 0.4) is 0 Å². The molecule has 0 saturated heterocycles. The van der Waals surface area contributed by atoms with Gasteiger partial charge in [-0.2, -0.15) is 0 Å². The van der Waals surface area contributed by atoms with Gasteiger partial charge in [0, 0.05) is 26.2 Å². The first kappa shape index (κ1) is 31.4. The number of hydrogen-bond donors (Lipinski definition) is 2. The third-order valence-electron chi connectivity index (χ3n) is 6.72. The van der Waals surface area contributed by atoms with Gasteiger partial charge in [0.1, 0.15) is 0 Å². The molecule has 5 rings (SSSR count). The smallest absolute Gasteiger partial charge is 0.338 e. The molecule has 0 aliphatic carbocycles. The van der Waals surface area contributed by atoms with E-state index in [1.54, 1.807) is 57.2 Å². The molecule has 0 spiro atoms. The summed E-state index contributed by atoms with van der Waals surface area (Å²) >= 11 is 0. The molecule has 0 amide bonds. The van der Waals surface area contributed by atoms with Crippen molar-refractivity contribution in [3.8, 4) is 22.8 Å². The number of rotatable bonds is 6. The molecule has 0 fully saturated rings. The maximum atomic E-state index is 12.8. The fourth-order valence-corrected chi connectivity index (χ4v) is 4.78. The Hall–Kier alpha value is -5.07. The molecule has 0 atom stereocenters. The minimum Gasteiger partial charge on any atom is -0.462 e. The van der Waals surface area contributed by atoms with E-state index in [4.69, 9.17) is 34.1 Å². The number of nitrogens with zero attached hydrogens (tertiary/aromatic N) is 4. The predicted molar refractivity (Wildman–Crippen MR) is 164 cm³/mol. The van der Waals surface area contributed by atoms with Gasteiger partial charge in [0.05, 0.1) is 82.1 Å². The monoisotopic (exact) mass is 610 g/mol. The van der Waals surface area contributed by atoms with Crippen molar-refractivity contribution in [2.24, 2.45) is 0 Å². The van der Waals surface area contributed by atoms with Crippen molar-refractivity contribution in [3.05, 3.63) is 94.1 Å². The SMILES string of the molecule is CCOC(=O)c1cc2nc(c1)-c1cccc(n1)CNCc1cc(C(=O)OCC)cc(n1)-c1cc(C(=O)OCC)cc(n1)CNC2. The molecular weight excluding hydrogens is 576 g/mol. The Morgan fingerprint density at radius 1 is 0.533 bits per heavy atom. The number of nitrogens with one attached hydrogen (secondary N) is 2. The van der Waals surface area contributed by atoms with Crippen LogP contribution in [0.25, 0.3) is 22.8 Å². The minimum atomic E-state index is -0.505. The number of hydrogen-bond acceptors (Lipinski definition) is 12. The number of fused-ring (bicyclic) bond motifs is 10. The number of ether oxygens (including phenoxy) is 3. The van der Waals surface area contributed by atoms with Gasteiger partial charge < -0.3 is 24.8 Å². The molecule has 0 aromatic carbocycles. The normalized spacial score (nSPS) is 12.8. The standard InChI is InChI=1S/C33H34N6O6/c1-4-43-31(40)20-10-24-18-35-19-26-12-22(33(42)45-6-3)15-30(39-26)29-14-21(32(41)44-5-2)11-25(38-29)17-34-16-23-8-7-9-27(36-23)28(13-20)37-24/h7-15,34-35H,4-6,16-19H2,1-3H3. The van der Waals surface area contributed by atoms with Crippen LogP contribution in [0.15, 0.2) is 54.6 Å². The summed E-state index contributed by atoms with van der Waals surface area (Å²) in [6.07, 6.45) is 0. The van der Waals surface area contributed by atoms with Gasteiger partial charge in [0.2, 0.25) is 0 Å². The second kappa shape index (κ2) is 14.6. The Balaban J connectivity index is 1.60. The third kappa shape index (κ3) is 7.91. The molecule has 5 heterocycles. The number of carbonyl (C=O) groups excluding carboxylic acids is 3. The van der Waals surface area contributed by atoms with Crippen molar-refractivity contribution in [2.45, 2.75) is 47.0 Å². The second-order valence-corrected chi connectivity index (χ2v) is 10.1. The molecular formula is C33H34N6O6. The molecule has 0 saturated carbocycles. The van der Waals surface area contributed by atoms with Gasteiger partial charge in [0.15, 0.2) is 0 Å². The van der Waals surface area contributed by atoms with E-state index in [9.17, 15) is 14.4 Å². The Bertz CT molecular complexity index is 1730. The molecule has 2 N–H and O–H groups in total. The highest BCUT2D eigenvalue weighted by Gasteiger charge is 2.18. The van der Waals surface area contributed by atoms with E-state index in [0.29, 0.717) is 69.6 Å². The average Bonchev–Trinajstić information content (AvgIpc) is 3.04. The van der Waals surface area contributed by atoms with Crippen molar-refractivity contribution in [1.29, 1.82) is 0 Å². The van der Waals surface area contributed by atoms with E-state index in [0.717, 1.165) is 5.69 Å². The Morgan fingerprint density at radius 3 is 1.29 bits per heavy atom. The van der Waals surface area contributed by atoms with Crippen LogP contribution < -0.4 is 10.6 Å². The molecule has 0 unspecified atom stereocenters. The summed E-state index contributed by atoms with van der Waals surface area (Å²) in [5, 5.41) is 6.64. The first-order chi connectivity index (χ1) is 21.9. The molecule has 4 aromatic rings. The quantitative estimate of drug-likeness (QED) is 0.239. The van der Waals surface area contributed by atoms with Gasteiger partial charge in [-0.15, -0.1) is 0 Å². The number of esters is 3. The summed E-state index contributed by atoms with van der Waals surface area (Å²) in [7, 11) is 0. The molecule has 8 bridgehead atoms. The summed E-state index contributed by atoms with van der Waals surface area (Å²) < 4.78 is 15.8. The lowest BCUT2D eigenvalue weighted by molar-refractivity contribution is 0.0516. The first-order valence-corrected chi connectivity index (χ1v) is 14.8. The molecule has 1 aliphatic heterocycles. The summed E-state index contributed by atoms with van der Waals surface area (Å²) in [5.41, 5.74) is 5.35. The maximum absolute atomic E-state index is 12.8. The predicted octanol–water partition coefficient (Wildman–Crippen LogP) is 4.02.